The van der Waals surface area contributed by atoms with Crippen molar-refractivity contribution in [1.29, 1.82) is 0 Å². The van der Waals surface area contributed by atoms with E-state index in [2.05, 4.69) is 53.8 Å². The van der Waals surface area contributed by atoms with Crippen molar-refractivity contribution in [3.05, 3.63) is 30.1 Å². The highest BCUT2D eigenvalue weighted by atomic mass is 16.1. The van der Waals surface area contributed by atoms with Crippen molar-refractivity contribution in [3.63, 3.8) is 0 Å². The Morgan fingerprint density at radius 2 is 2.08 bits per heavy atom. The summed E-state index contributed by atoms with van der Waals surface area (Å²) < 4.78 is 2.30. The molecule has 24 heavy (non-hydrogen) atoms. The number of fused-ring (bicyclic) bond motifs is 1. The SMILES string of the molecule is CCn1c(CN2CC(NC(C)=O)C(C(C)C)C2)nc2ccccc21. The zero-order valence-corrected chi connectivity index (χ0v) is 15.1. The third-order valence-electron chi connectivity index (χ3n) is 5.10. The van der Waals surface area contributed by atoms with Gasteiger partial charge in [-0.2, -0.15) is 0 Å². The molecule has 5 nitrogen and oxygen atoms in total. The normalized spacial score (nSPS) is 21.7. The van der Waals surface area contributed by atoms with E-state index in [1.54, 1.807) is 6.92 Å². The molecule has 1 aliphatic rings. The second-order valence-electron chi connectivity index (χ2n) is 7.17. The first-order valence-corrected chi connectivity index (χ1v) is 8.93. The van der Waals surface area contributed by atoms with Gasteiger partial charge in [0.15, 0.2) is 0 Å². The van der Waals surface area contributed by atoms with Crippen LogP contribution in [-0.4, -0.2) is 39.5 Å². The van der Waals surface area contributed by atoms with Crippen LogP contribution in [0.5, 0.6) is 0 Å². The molecule has 1 aliphatic heterocycles. The fourth-order valence-electron chi connectivity index (χ4n) is 3.93. The summed E-state index contributed by atoms with van der Waals surface area (Å²) in [5.41, 5.74) is 2.26. The van der Waals surface area contributed by atoms with Crippen LogP contribution in [0.1, 0.15) is 33.5 Å². The molecule has 2 heterocycles. The molecule has 1 aromatic carbocycles. The minimum absolute atomic E-state index is 0.0632. The predicted molar refractivity (Wildman–Crippen MR) is 96.6 cm³/mol. The quantitative estimate of drug-likeness (QED) is 0.918. The first-order valence-electron chi connectivity index (χ1n) is 8.93. The lowest BCUT2D eigenvalue weighted by atomic mass is 9.91. The van der Waals surface area contributed by atoms with E-state index in [1.165, 1.54) is 5.52 Å². The zero-order chi connectivity index (χ0) is 17.3. The molecule has 1 saturated heterocycles. The third kappa shape index (κ3) is 3.31. The summed E-state index contributed by atoms with van der Waals surface area (Å²) in [5, 5.41) is 3.14. The van der Waals surface area contributed by atoms with Crippen LogP contribution < -0.4 is 5.32 Å². The van der Waals surface area contributed by atoms with Gasteiger partial charge in [0.05, 0.1) is 17.6 Å². The van der Waals surface area contributed by atoms with E-state index >= 15 is 0 Å². The van der Waals surface area contributed by atoms with E-state index in [0.717, 1.165) is 37.5 Å². The lowest BCUT2D eigenvalue weighted by molar-refractivity contribution is -0.119. The molecule has 3 rings (SSSR count). The number of amides is 1. The molecule has 1 amide bonds. The Bertz CT molecular complexity index is 721. The van der Waals surface area contributed by atoms with Crippen molar-refractivity contribution >= 4 is 16.9 Å². The molecule has 0 radical (unpaired) electrons. The molecule has 0 spiro atoms. The van der Waals surface area contributed by atoms with Gasteiger partial charge in [-0.1, -0.05) is 26.0 Å². The third-order valence-corrected chi connectivity index (χ3v) is 5.10. The largest absolute Gasteiger partial charge is 0.352 e. The van der Waals surface area contributed by atoms with E-state index < -0.39 is 0 Å². The number of carbonyl (C=O) groups is 1. The number of aryl methyl sites for hydroxylation is 1. The number of aromatic nitrogens is 2. The maximum atomic E-state index is 11.5. The predicted octanol–water partition coefficient (Wildman–Crippen LogP) is 2.65. The summed E-state index contributed by atoms with van der Waals surface area (Å²) in [6, 6.07) is 8.55. The van der Waals surface area contributed by atoms with Crippen molar-refractivity contribution < 1.29 is 4.79 Å². The van der Waals surface area contributed by atoms with Crippen LogP contribution in [0, 0.1) is 11.8 Å². The van der Waals surface area contributed by atoms with Crippen LogP contribution in [0.3, 0.4) is 0 Å². The molecule has 1 fully saturated rings. The summed E-state index contributed by atoms with van der Waals surface area (Å²) in [6.07, 6.45) is 0. The van der Waals surface area contributed by atoms with Gasteiger partial charge >= 0.3 is 0 Å². The number of para-hydroxylation sites is 2. The summed E-state index contributed by atoms with van der Waals surface area (Å²) >= 11 is 0. The second kappa shape index (κ2) is 6.93. The maximum absolute atomic E-state index is 11.5. The Hall–Kier alpha value is -1.88. The van der Waals surface area contributed by atoms with Crippen molar-refractivity contribution in [2.75, 3.05) is 13.1 Å². The van der Waals surface area contributed by atoms with Crippen molar-refractivity contribution in [3.8, 4) is 0 Å². The van der Waals surface area contributed by atoms with Gasteiger partial charge in [0.2, 0.25) is 5.91 Å². The molecule has 2 aromatic rings. The molecule has 130 valence electrons. The minimum atomic E-state index is 0.0632. The molecule has 0 saturated carbocycles. The summed E-state index contributed by atoms with van der Waals surface area (Å²) in [6.45, 7) is 11.9. The first kappa shape index (κ1) is 17.0. The summed E-state index contributed by atoms with van der Waals surface area (Å²) in [5.74, 6) is 2.23. The van der Waals surface area contributed by atoms with Gasteiger partial charge in [-0.15, -0.1) is 0 Å². The monoisotopic (exact) mass is 328 g/mol. The number of hydrogen-bond donors (Lipinski definition) is 1. The minimum Gasteiger partial charge on any atom is -0.352 e. The zero-order valence-electron chi connectivity index (χ0n) is 15.1. The van der Waals surface area contributed by atoms with Gasteiger partial charge in [-0.25, -0.2) is 4.98 Å². The van der Waals surface area contributed by atoms with E-state index in [4.69, 9.17) is 4.98 Å². The Balaban J connectivity index is 1.80. The molecule has 2 atom stereocenters. The van der Waals surface area contributed by atoms with Crippen molar-refractivity contribution in [2.45, 2.75) is 46.8 Å². The lowest BCUT2D eigenvalue weighted by Crippen LogP contribution is -2.40. The molecule has 0 aliphatic carbocycles. The molecule has 2 unspecified atom stereocenters. The van der Waals surface area contributed by atoms with Crippen LogP contribution in [0.4, 0.5) is 0 Å². The smallest absolute Gasteiger partial charge is 0.217 e. The highest BCUT2D eigenvalue weighted by molar-refractivity contribution is 5.76. The number of nitrogens with one attached hydrogen (secondary N) is 1. The maximum Gasteiger partial charge on any atom is 0.217 e. The number of imidazole rings is 1. The summed E-state index contributed by atoms with van der Waals surface area (Å²) in [7, 11) is 0. The van der Waals surface area contributed by atoms with Gasteiger partial charge in [0.1, 0.15) is 5.82 Å². The highest BCUT2D eigenvalue weighted by Gasteiger charge is 2.35. The van der Waals surface area contributed by atoms with E-state index in [1.807, 2.05) is 6.07 Å². The number of nitrogens with zero attached hydrogens (tertiary/aromatic N) is 3. The van der Waals surface area contributed by atoms with E-state index in [0.29, 0.717) is 11.8 Å². The average Bonchev–Trinajstić information content (AvgIpc) is 3.07. The first-order chi connectivity index (χ1) is 11.5. The standard InChI is InChI=1S/C19H28N4O/c1-5-23-18-9-7-6-8-16(18)21-19(23)12-22-10-15(13(2)3)17(11-22)20-14(4)24/h6-9,13,15,17H,5,10-12H2,1-4H3,(H,20,24). The fraction of sp³-hybridized carbons (Fsp3) is 0.579. The topological polar surface area (TPSA) is 50.2 Å². The van der Waals surface area contributed by atoms with E-state index in [-0.39, 0.29) is 11.9 Å². The molecule has 1 aromatic heterocycles. The Labute approximate surface area is 144 Å². The Kier molecular flexibility index (Phi) is 4.90. The second-order valence-corrected chi connectivity index (χ2v) is 7.17. The molecule has 5 heteroatoms. The Morgan fingerprint density at radius 1 is 1.33 bits per heavy atom. The highest BCUT2D eigenvalue weighted by Crippen LogP contribution is 2.26. The molecular formula is C19H28N4O. The average molecular weight is 328 g/mol. The molecular weight excluding hydrogens is 300 g/mol. The van der Waals surface area contributed by atoms with Gasteiger partial charge < -0.3 is 9.88 Å². The van der Waals surface area contributed by atoms with E-state index in [9.17, 15) is 4.79 Å². The van der Waals surface area contributed by atoms with Crippen LogP contribution in [0.2, 0.25) is 0 Å². The number of benzene rings is 1. The van der Waals surface area contributed by atoms with Crippen molar-refractivity contribution in [2.24, 2.45) is 11.8 Å². The van der Waals surface area contributed by atoms with Gasteiger partial charge in [-0.3, -0.25) is 9.69 Å². The van der Waals surface area contributed by atoms with Crippen LogP contribution in [0.25, 0.3) is 11.0 Å². The number of rotatable bonds is 5. The van der Waals surface area contributed by atoms with Crippen LogP contribution >= 0.6 is 0 Å². The van der Waals surface area contributed by atoms with Gasteiger partial charge in [0, 0.05) is 32.6 Å². The number of likely N-dealkylation sites (tertiary alicyclic amines) is 1. The lowest BCUT2D eigenvalue weighted by Gasteiger charge is -2.22. The fourth-order valence-corrected chi connectivity index (χ4v) is 3.93. The summed E-state index contributed by atoms with van der Waals surface area (Å²) in [4.78, 5) is 18.8. The molecule has 0 bridgehead atoms. The van der Waals surface area contributed by atoms with Crippen LogP contribution in [0.15, 0.2) is 24.3 Å². The van der Waals surface area contributed by atoms with Gasteiger partial charge in [-0.05, 0) is 30.9 Å². The Morgan fingerprint density at radius 3 is 2.75 bits per heavy atom. The number of carbonyl (C=O) groups excluding carboxylic acids is 1. The number of hydrogen-bond acceptors (Lipinski definition) is 3. The van der Waals surface area contributed by atoms with Gasteiger partial charge in [0.25, 0.3) is 0 Å². The van der Waals surface area contributed by atoms with Crippen molar-refractivity contribution in [1.82, 2.24) is 19.8 Å². The molecule has 1 N–H and O–H groups in total. The van der Waals surface area contributed by atoms with Crippen LogP contribution in [-0.2, 0) is 17.9 Å².